The first-order chi connectivity index (χ1) is 20.6. The largest absolute Gasteiger partial charge is 0.490 e. The number of aliphatic carboxylic acids is 1. The molecule has 230 valence electrons. The second-order valence-corrected chi connectivity index (χ2v) is 9.71. The zero-order valence-corrected chi connectivity index (χ0v) is 23.4. The summed E-state index contributed by atoms with van der Waals surface area (Å²) in [6, 6.07) is 11.4. The number of nitrogens with one attached hydrogen (secondary N) is 3. The van der Waals surface area contributed by atoms with E-state index in [0.29, 0.717) is 36.3 Å². The number of carbonyl (C=O) groups excluding carboxylic acids is 1. The smallest absolute Gasteiger partial charge is 0.475 e. The van der Waals surface area contributed by atoms with Crippen LogP contribution in [0.2, 0.25) is 0 Å². The molecule has 2 aromatic heterocycles. The van der Waals surface area contributed by atoms with Crippen LogP contribution in [0.4, 0.5) is 36.2 Å². The van der Waals surface area contributed by atoms with Crippen molar-refractivity contribution >= 4 is 34.9 Å². The van der Waals surface area contributed by atoms with E-state index in [-0.39, 0.29) is 12.0 Å². The summed E-state index contributed by atoms with van der Waals surface area (Å²) in [5, 5.41) is 16.8. The molecule has 2 aliphatic heterocycles. The molecule has 5 rings (SSSR count). The van der Waals surface area contributed by atoms with Gasteiger partial charge in [-0.2, -0.15) is 18.2 Å². The van der Waals surface area contributed by atoms with Crippen LogP contribution in [0.1, 0.15) is 28.8 Å². The van der Waals surface area contributed by atoms with Gasteiger partial charge in [-0.1, -0.05) is 6.07 Å². The van der Waals surface area contributed by atoms with Crippen LogP contribution in [-0.4, -0.2) is 83.6 Å². The Morgan fingerprint density at radius 2 is 1.77 bits per heavy atom. The fourth-order valence-corrected chi connectivity index (χ4v) is 4.23. The summed E-state index contributed by atoms with van der Waals surface area (Å²) in [6.07, 6.45) is 0.266. The van der Waals surface area contributed by atoms with Gasteiger partial charge in [-0.05, 0) is 68.8 Å². The third kappa shape index (κ3) is 9.51. The van der Waals surface area contributed by atoms with Crippen LogP contribution in [0, 0.1) is 6.92 Å². The van der Waals surface area contributed by atoms with Crippen molar-refractivity contribution in [2.24, 2.45) is 0 Å². The number of carboxylic acid groups (broad SMARTS) is 1. The molecule has 2 fully saturated rings. The fraction of sp³-hybridized carbons (Fsp3) is 0.393. The summed E-state index contributed by atoms with van der Waals surface area (Å²) in [5.41, 5.74) is 3.09. The number of anilines is 4. The van der Waals surface area contributed by atoms with E-state index in [4.69, 9.17) is 19.4 Å². The molecule has 12 nitrogen and oxygen atoms in total. The van der Waals surface area contributed by atoms with Crippen LogP contribution in [0.25, 0.3) is 0 Å². The van der Waals surface area contributed by atoms with Gasteiger partial charge in [0.15, 0.2) is 0 Å². The third-order valence-corrected chi connectivity index (χ3v) is 6.54. The molecule has 4 heterocycles. The second kappa shape index (κ2) is 14.6. The van der Waals surface area contributed by atoms with Crippen molar-refractivity contribution < 1.29 is 37.3 Å². The molecule has 1 aromatic carbocycles. The lowest BCUT2D eigenvalue weighted by Crippen LogP contribution is -2.36. The number of rotatable bonds is 7. The number of ether oxygens (including phenoxy) is 2. The molecule has 1 amide bonds. The van der Waals surface area contributed by atoms with Gasteiger partial charge < -0.3 is 35.4 Å². The van der Waals surface area contributed by atoms with Gasteiger partial charge in [0.2, 0.25) is 0 Å². The molecular formula is C28H32F3N7O5. The van der Waals surface area contributed by atoms with Crippen molar-refractivity contribution in [3.63, 3.8) is 0 Å². The SMILES string of the molecule is Cc1ccc(NC(=O)c2ccnc(N3CCOCC3)c2)cc1Nc1ccnc(OC2CCNCC2)n1.O=C(O)C(F)(F)F. The Balaban J connectivity index is 0.000000541. The standard InChI is InChI=1S/C26H31N7O3.C2HF3O2/c1-18-2-3-20(30-25(34)19-4-10-28-24(16-19)33-12-14-35-15-13-33)17-22(18)31-23-7-11-29-26(32-23)36-21-5-8-27-9-6-21;3-2(4,5)1(6)7/h2-4,7,10-11,16-17,21,27H,5-6,8-9,12-15H2,1H3,(H,30,34)(H,29,31,32);(H,6,7). The van der Waals surface area contributed by atoms with Crippen LogP contribution in [-0.2, 0) is 9.53 Å². The number of carbonyl (C=O) groups is 2. The molecule has 0 aliphatic carbocycles. The summed E-state index contributed by atoms with van der Waals surface area (Å²) in [5.74, 6) is -1.54. The number of pyridine rings is 1. The Morgan fingerprint density at radius 3 is 2.47 bits per heavy atom. The average Bonchev–Trinajstić information content (AvgIpc) is 3.00. The number of aryl methyl sites for hydroxylation is 1. The van der Waals surface area contributed by atoms with Crippen molar-refractivity contribution in [2.75, 3.05) is 54.9 Å². The van der Waals surface area contributed by atoms with Gasteiger partial charge in [0, 0.05) is 42.4 Å². The zero-order chi connectivity index (χ0) is 30.8. The molecule has 15 heteroatoms. The van der Waals surface area contributed by atoms with Crippen molar-refractivity contribution in [3.8, 4) is 6.01 Å². The molecule has 0 saturated carbocycles. The Morgan fingerprint density at radius 1 is 1.07 bits per heavy atom. The molecular weight excluding hydrogens is 571 g/mol. The molecule has 0 unspecified atom stereocenters. The average molecular weight is 604 g/mol. The molecule has 4 N–H and O–H groups in total. The number of hydrogen-bond donors (Lipinski definition) is 4. The summed E-state index contributed by atoms with van der Waals surface area (Å²) in [6.45, 7) is 6.73. The second-order valence-electron chi connectivity index (χ2n) is 9.71. The van der Waals surface area contributed by atoms with Gasteiger partial charge in [0.25, 0.3) is 5.91 Å². The summed E-state index contributed by atoms with van der Waals surface area (Å²) in [7, 11) is 0. The van der Waals surface area contributed by atoms with Crippen molar-refractivity contribution in [1.29, 1.82) is 0 Å². The predicted molar refractivity (Wildman–Crippen MR) is 152 cm³/mol. The van der Waals surface area contributed by atoms with E-state index >= 15 is 0 Å². The van der Waals surface area contributed by atoms with Gasteiger partial charge in [0.1, 0.15) is 17.7 Å². The molecule has 43 heavy (non-hydrogen) atoms. The Kier molecular flexibility index (Phi) is 10.7. The summed E-state index contributed by atoms with van der Waals surface area (Å²) >= 11 is 0. The molecule has 0 radical (unpaired) electrons. The number of halogens is 3. The minimum atomic E-state index is -5.08. The molecule has 0 atom stereocenters. The zero-order valence-electron chi connectivity index (χ0n) is 23.4. The number of aromatic nitrogens is 3. The lowest BCUT2D eigenvalue weighted by Gasteiger charge is -2.27. The number of amides is 1. The molecule has 0 bridgehead atoms. The van der Waals surface area contributed by atoms with Gasteiger partial charge in [-0.25, -0.2) is 14.8 Å². The lowest BCUT2D eigenvalue weighted by atomic mass is 10.1. The number of piperidine rings is 1. The fourth-order valence-electron chi connectivity index (χ4n) is 4.23. The molecule has 2 aliphatic rings. The van der Waals surface area contributed by atoms with Gasteiger partial charge in [0.05, 0.1) is 13.2 Å². The van der Waals surface area contributed by atoms with Crippen molar-refractivity contribution in [1.82, 2.24) is 20.3 Å². The number of nitrogens with zero attached hydrogens (tertiary/aromatic N) is 4. The third-order valence-electron chi connectivity index (χ3n) is 6.54. The van der Waals surface area contributed by atoms with E-state index in [1.165, 1.54) is 0 Å². The van der Waals surface area contributed by atoms with Gasteiger partial charge >= 0.3 is 18.2 Å². The molecule has 2 saturated heterocycles. The van der Waals surface area contributed by atoms with Crippen LogP contribution in [0.5, 0.6) is 6.01 Å². The van der Waals surface area contributed by atoms with E-state index < -0.39 is 12.1 Å². The highest BCUT2D eigenvalue weighted by atomic mass is 19.4. The maximum atomic E-state index is 13.0. The highest BCUT2D eigenvalue weighted by molar-refractivity contribution is 6.05. The maximum Gasteiger partial charge on any atom is 0.490 e. The van der Waals surface area contributed by atoms with E-state index in [9.17, 15) is 18.0 Å². The van der Waals surface area contributed by atoms with E-state index in [0.717, 1.165) is 56.1 Å². The first kappa shape index (κ1) is 31.4. The van der Waals surface area contributed by atoms with Crippen molar-refractivity contribution in [2.45, 2.75) is 32.0 Å². The topological polar surface area (TPSA) is 151 Å². The number of morpholine rings is 1. The Labute approximate surface area is 245 Å². The maximum absolute atomic E-state index is 13.0. The molecule has 0 spiro atoms. The summed E-state index contributed by atoms with van der Waals surface area (Å²) < 4.78 is 43.1. The first-order valence-electron chi connectivity index (χ1n) is 13.6. The van der Waals surface area contributed by atoms with Gasteiger partial charge in [-0.15, -0.1) is 0 Å². The number of benzene rings is 1. The first-order valence-corrected chi connectivity index (χ1v) is 13.6. The monoisotopic (exact) mass is 603 g/mol. The minimum absolute atomic E-state index is 0.124. The van der Waals surface area contributed by atoms with Crippen LogP contribution in [0.3, 0.4) is 0 Å². The van der Waals surface area contributed by atoms with E-state index in [1.807, 2.05) is 31.2 Å². The predicted octanol–water partition coefficient (Wildman–Crippen LogP) is 3.78. The number of carboxylic acids is 1. The van der Waals surface area contributed by atoms with Gasteiger partial charge in [-0.3, -0.25) is 4.79 Å². The van der Waals surface area contributed by atoms with E-state index in [1.54, 1.807) is 24.5 Å². The number of hydrogen-bond acceptors (Lipinski definition) is 10. The van der Waals surface area contributed by atoms with Crippen LogP contribution >= 0.6 is 0 Å². The quantitative estimate of drug-likeness (QED) is 0.312. The Bertz CT molecular complexity index is 1400. The molecule has 3 aromatic rings. The van der Waals surface area contributed by atoms with Crippen LogP contribution < -0.4 is 25.6 Å². The van der Waals surface area contributed by atoms with E-state index in [2.05, 4.69) is 35.8 Å². The highest BCUT2D eigenvalue weighted by Gasteiger charge is 2.38. The number of alkyl halides is 3. The summed E-state index contributed by atoms with van der Waals surface area (Å²) in [4.78, 5) is 37.2. The highest BCUT2D eigenvalue weighted by Crippen LogP contribution is 2.25. The lowest BCUT2D eigenvalue weighted by molar-refractivity contribution is -0.192. The van der Waals surface area contributed by atoms with Crippen LogP contribution in [0.15, 0.2) is 48.8 Å². The minimum Gasteiger partial charge on any atom is -0.475 e. The Hall–Kier alpha value is -4.50. The normalized spacial score (nSPS) is 15.6. The van der Waals surface area contributed by atoms with Crippen molar-refractivity contribution in [3.05, 3.63) is 59.9 Å².